The highest BCUT2D eigenvalue weighted by molar-refractivity contribution is 5.95. The minimum absolute atomic E-state index is 0.0451. The molecule has 1 aromatic carbocycles. The molecule has 0 atom stereocenters. The number of pyridine rings is 1. The first-order chi connectivity index (χ1) is 12.5. The minimum Gasteiger partial charge on any atom is -0.478 e. The Morgan fingerprint density at radius 2 is 1.88 bits per heavy atom. The Morgan fingerprint density at radius 1 is 1.15 bits per heavy atom. The summed E-state index contributed by atoms with van der Waals surface area (Å²) in [5.74, 6) is -1.10. The monoisotopic (exact) mass is 353 g/mol. The average Bonchev–Trinajstić information content (AvgIpc) is 2.63. The molecule has 0 spiro atoms. The van der Waals surface area contributed by atoms with E-state index in [4.69, 9.17) is 0 Å². The second-order valence-corrected chi connectivity index (χ2v) is 6.75. The molecule has 2 heterocycles. The van der Waals surface area contributed by atoms with Crippen LogP contribution in [0.5, 0.6) is 0 Å². The van der Waals surface area contributed by atoms with Crippen molar-refractivity contribution in [3.8, 4) is 0 Å². The summed E-state index contributed by atoms with van der Waals surface area (Å²) in [5.41, 5.74) is 3.73. The van der Waals surface area contributed by atoms with Crippen molar-refractivity contribution >= 4 is 23.3 Å². The Kier molecular flexibility index (Phi) is 5.21. The quantitative estimate of drug-likeness (QED) is 0.882. The van der Waals surface area contributed by atoms with Crippen LogP contribution in [-0.4, -0.2) is 35.1 Å². The molecule has 1 aliphatic rings. The number of carbonyl (C=O) groups excluding carboxylic acids is 1. The van der Waals surface area contributed by atoms with Crippen LogP contribution in [0.2, 0.25) is 0 Å². The molecule has 0 aliphatic carbocycles. The van der Waals surface area contributed by atoms with E-state index in [2.05, 4.69) is 15.2 Å². The smallest absolute Gasteiger partial charge is 0.336 e. The van der Waals surface area contributed by atoms with Crippen molar-refractivity contribution < 1.29 is 14.7 Å². The van der Waals surface area contributed by atoms with Crippen molar-refractivity contribution in [1.82, 2.24) is 4.98 Å². The summed E-state index contributed by atoms with van der Waals surface area (Å²) < 4.78 is 0. The molecule has 6 nitrogen and oxygen atoms in total. The highest BCUT2D eigenvalue weighted by atomic mass is 16.4. The fraction of sp³-hybridized carbons (Fsp3) is 0.350. The number of hydrogen-bond acceptors (Lipinski definition) is 4. The molecule has 1 saturated heterocycles. The van der Waals surface area contributed by atoms with Gasteiger partial charge in [0, 0.05) is 42.8 Å². The number of aromatic nitrogens is 1. The summed E-state index contributed by atoms with van der Waals surface area (Å²) in [6.07, 6.45) is 5.18. The molecule has 1 amide bonds. The van der Waals surface area contributed by atoms with Gasteiger partial charge in [0.1, 0.15) is 0 Å². The third-order valence-electron chi connectivity index (χ3n) is 4.93. The van der Waals surface area contributed by atoms with E-state index in [-0.39, 0.29) is 17.4 Å². The second kappa shape index (κ2) is 7.56. The van der Waals surface area contributed by atoms with E-state index in [9.17, 15) is 14.7 Å². The molecule has 6 heteroatoms. The van der Waals surface area contributed by atoms with Gasteiger partial charge >= 0.3 is 5.97 Å². The third-order valence-corrected chi connectivity index (χ3v) is 4.93. The van der Waals surface area contributed by atoms with Crippen LogP contribution in [0.4, 0.5) is 11.4 Å². The van der Waals surface area contributed by atoms with Gasteiger partial charge in [-0.1, -0.05) is 6.07 Å². The van der Waals surface area contributed by atoms with Gasteiger partial charge in [-0.3, -0.25) is 9.78 Å². The zero-order chi connectivity index (χ0) is 18.7. The largest absolute Gasteiger partial charge is 0.478 e. The van der Waals surface area contributed by atoms with Crippen molar-refractivity contribution in [3.05, 3.63) is 53.3 Å². The molecule has 0 bridgehead atoms. The maximum Gasteiger partial charge on any atom is 0.336 e. The summed E-state index contributed by atoms with van der Waals surface area (Å²) in [6.45, 7) is 5.42. The normalized spacial score (nSPS) is 14.9. The first-order valence-electron chi connectivity index (χ1n) is 8.76. The van der Waals surface area contributed by atoms with E-state index in [0.29, 0.717) is 11.3 Å². The lowest BCUT2D eigenvalue weighted by molar-refractivity contribution is -0.120. The van der Waals surface area contributed by atoms with E-state index in [1.807, 2.05) is 19.2 Å². The Bertz CT molecular complexity index is 827. The fourth-order valence-corrected chi connectivity index (χ4v) is 3.38. The van der Waals surface area contributed by atoms with E-state index >= 15 is 0 Å². The number of carboxylic acid groups (broad SMARTS) is 1. The molecule has 0 saturated carbocycles. The Hall–Kier alpha value is -2.89. The number of nitrogens with one attached hydrogen (secondary N) is 1. The van der Waals surface area contributed by atoms with Crippen LogP contribution in [-0.2, 0) is 4.79 Å². The SMILES string of the molecule is Cc1ccc(NC(=O)C2CCN(c3ccncc3C)CC2)cc1C(=O)O. The van der Waals surface area contributed by atoms with Crippen molar-refractivity contribution in [2.45, 2.75) is 26.7 Å². The topological polar surface area (TPSA) is 82.5 Å². The first kappa shape index (κ1) is 17.9. The number of nitrogens with zero attached hydrogens (tertiary/aromatic N) is 2. The predicted molar refractivity (Wildman–Crippen MR) is 101 cm³/mol. The first-order valence-corrected chi connectivity index (χ1v) is 8.76. The van der Waals surface area contributed by atoms with Crippen LogP contribution in [0.1, 0.15) is 34.3 Å². The number of amides is 1. The summed E-state index contributed by atoms with van der Waals surface area (Å²) in [6, 6.07) is 6.99. The van der Waals surface area contributed by atoms with Gasteiger partial charge < -0.3 is 15.3 Å². The summed E-state index contributed by atoms with van der Waals surface area (Å²) in [7, 11) is 0. The number of aromatic carboxylic acids is 1. The van der Waals surface area contributed by atoms with Gasteiger partial charge in [0.25, 0.3) is 0 Å². The van der Waals surface area contributed by atoms with Crippen LogP contribution in [0.15, 0.2) is 36.7 Å². The van der Waals surface area contributed by atoms with Crippen LogP contribution in [0.3, 0.4) is 0 Å². The number of rotatable bonds is 4. The van der Waals surface area contributed by atoms with E-state index in [0.717, 1.165) is 31.5 Å². The number of anilines is 2. The number of carbonyl (C=O) groups is 2. The van der Waals surface area contributed by atoms with Crippen molar-refractivity contribution in [2.75, 3.05) is 23.3 Å². The Morgan fingerprint density at radius 3 is 2.54 bits per heavy atom. The van der Waals surface area contributed by atoms with Crippen molar-refractivity contribution in [3.63, 3.8) is 0 Å². The lowest BCUT2D eigenvalue weighted by atomic mass is 9.95. The van der Waals surface area contributed by atoms with Gasteiger partial charge in [-0.15, -0.1) is 0 Å². The lowest BCUT2D eigenvalue weighted by Crippen LogP contribution is -2.38. The van der Waals surface area contributed by atoms with Crippen LogP contribution in [0.25, 0.3) is 0 Å². The van der Waals surface area contributed by atoms with Crippen LogP contribution in [0, 0.1) is 19.8 Å². The van der Waals surface area contributed by atoms with Crippen LogP contribution >= 0.6 is 0 Å². The standard InChI is InChI=1S/C20H23N3O3/c1-13-3-4-16(11-17(13)20(25)26)22-19(24)15-6-9-23(10-7-15)18-5-8-21-12-14(18)2/h3-5,8,11-12,15H,6-7,9-10H2,1-2H3,(H,22,24)(H,25,26). The Labute approximate surface area is 152 Å². The highest BCUT2D eigenvalue weighted by Crippen LogP contribution is 2.26. The molecular formula is C20H23N3O3. The van der Waals surface area contributed by atoms with Gasteiger partial charge in [0.15, 0.2) is 0 Å². The number of hydrogen-bond donors (Lipinski definition) is 2. The molecule has 26 heavy (non-hydrogen) atoms. The highest BCUT2D eigenvalue weighted by Gasteiger charge is 2.26. The van der Waals surface area contributed by atoms with Crippen molar-refractivity contribution in [2.24, 2.45) is 5.92 Å². The summed E-state index contributed by atoms with van der Waals surface area (Å²) in [5, 5.41) is 12.1. The molecule has 2 N–H and O–H groups in total. The second-order valence-electron chi connectivity index (χ2n) is 6.75. The molecule has 2 aromatic rings. The minimum atomic E-state index is -0.986. The summed E-state index contributed by atoms with van der Waals surface area (Å²) >= 11 is 0. The molecule has 1 aromatic heterocycles. The number of carboxylic acids is 1. The van der Waals surface area contributed by atoms with E-state index in [1.54, 1.807) is 25.3 Å². The van der Waals surface area contributed by atoms with Gasteiger partial charge in [-0.2, -0.15) is 0 Å². The molecule has 0 radical (unpaired) electrons. The zero-order valence-electron chi connectivity index (χ0n) is 15.0. The van der Waals surface area contributed by atoms with Gasteiger partial charge in [-0.05, 0) is 56.0 Å². The number of aryl methyl sites for hydroxylation is 2. The van der Waals surface area contributed by atoms with Gasteiger partial charge in [-0.25, -0.2) is 4.79 Å². The summed E-state index contributed by atoms with van der Waals surface area (Å²) in [4.78, 5) is 30.2. The maximum absolute atomic E-state index is 12.6. The molecule has 3 rings (SSSR count). The molecule has 136 valence electrons. The van der Waals surface area contributed by atoms with Crippen LogP contribution < -0.4 is 10.2 Å². The third kappa shape index (κ3) is 3.85. The van der Waals surface area contributed by atoms with Crippen molar-refractivity contribution in [1.29, 1.82) is 0 Å². The lowest BCUT2D eigenvalue weighted by Gasteiger charge is -2.33. The molecular weight excluding hydrogens is 330 g/mol. The molecule has 1 aliphatic heterocycles. The maximum atomic E-state index is 12.6. The number of benzene rings is 1. The number of piperidine rings is 1. The fourth-order valence-electron chi connectivity index (χ4n) is 3.38. The predicted octanol–water partition coefficient (Wildman–Crippen LogP) is 3.25. The Balaban J connectivity index is 1.61. The average molecular weight is 353 g/mol. The molecule has 1 fully saturated rings. The van der Waals surface area contributed by atoms with E-state index in [1.165, 1.54) is 11.8 Å². The molecule has 0 unspecified atom stereocenters. The van der Waals surface area contributed by atoms with Gasteiger partial charge in [0.05, 0.1) is 5.56 Å². The van der Waals surface area contributed by atoms with E-state index < -0.39 is 5.97 Å². The zero-order valence-corrected chi connectivity index (χ0v) is 15.0. The van der Waals surface area contributed by atoms with Gasteiger partial charge in [0.2, 0.25) is 5.91 Å².